The van der Waals surface area contributed by atoms with Crippen LogP contribution < -0.4 is 4.72 Å². The number of hydrogen-bond donors (Lipinski definition) is 1. The lowest BCUT2D eigenvalue weighted by molar-refractivity contribution is 0.101. The molecule has 0 spiro atoms. The first-order valence-electron chi connectivity index (χ1n) is 4.77. The summed E-state index contributed by atoms with van der Waals surface area (Å²) in [6.45, 7) is 2.49. The molecule has 1 N–H and O–H groups in total. The Kier molecular flexibility index (Phi) is 3.82. The van der Waals surface area contributed by atoms with Crippen LogP contribution in [0.4, 0.5) is 14.5 Å². The van der Waals surface area contributed by atoms with E-state index in [9.17, 15) is 22.0 Å². The Bertz CT molecular complexity index is 532. The molecule has 4 nitrogen and oxygen atoms in total. The van der Waals surface area contributed by atoms with E-state index in [1.807, 2.05) is 0 Å². The van der Waals surface area contributed by atoms with E-state index in [1.165, 1.54) is 6.92 Å². The second-order valence-electron chi connectivity index (χ2n) is 3.38. The fourth-order valence-corrected chi connectivity index (χ4v) is 1.75. The number of benzene rings is 1. The number of halogens is 2. The predicted octanol–water partition coefficient (Wildman–Crippen LogP) is 1.93. The molecule has 0 atom stereocenters. The smallest absolute Gasteiger partial charge is 0.232 e. The average Bonchev–Trinajstić information content (AvgIpc) is 2.23. The maximum absolute atomic E-state index is 13.4. The zero-order valence-electron chi connectivity index (χ0n) is 9.25. The molecule has 0 amide bonds. The third kappa shape index (κ3) is 3.23. The quantitative estimate of drug-likeness (QED) is 0.844. The first kappa shape index (κ1) is 13.6. The van der Waals surface area contributed by atoms with Gasteiger partial charge in [-0.05, 0) is 26.0 Å². The van der Waals surface area contributed by atoms with E-state index in [-0.39, 0.29) is 11.3 Å². The molecule has 1 rings (SSSR count). The lowest BCUT2D eigenvalue weighted by Crippen LogP contribution is -2.17. The van der Waals surface area contributed by atoms with Gasteiger partial charge in [0.15, 0.2) is 17.4 Å². The normalized spacial score (nSPS) is 11.3. The molecule has 0 radical (unpaired) electrons. The van der Waals surface area contributed by atoms with Crippen molar-refractivity contribution in [2.24, 2.45) is 0 Å². The van der Waals surface area contributed by atoms with E-state index >= 15 is 0 Å². The topological polar surface area (TPSA) is 63.2 Å². The lowest BCUT2D eigenvalue weighted by Gasteiger charge is -2.09. The van der Waals surface area contributed by atoms with Crippen molar-refractivity contribution in [3.05, 3.63) is 29.3 Å². The largest absolute Gasteiger partial charge is 0.295 e. The van der Waals surface area contributed by atoms with E-state index in [2.05, 4.69) is 0 Å². The molecule has 0 aromatic heterocycles. The van der Waals surface area contributed by atoms with Crippen LogP contribution in [0.1, 0.15) is 24.2 Å². The molecule has 94 valence electrons. The monoisotopic (exact) mass is 263 g/mol. The van der Waals surface area contributed by atoms with E-state index < -0.39 is 33.1 Å². The van der Waals surface area contributed by atoms with Gasteiger partial charge in [-0.15, -0.1) is 0 Å². The number of nitrogens with one attached hydrogen (secondary N) is 1. The predicted molar refractivity (Wildman–Crippen MR) is 59.4 cm³/mol. The Morgan fingerprint density at radius 3 is 2.12 bits per heavy atom. The molecular formula is C10H11F2NO3S. The molecule has 17 heavy (non-hydrogen) atoms. The van der Waals surface area contributed by atoms with Gasteiger partial charge in [-0.25, -0.2) is 17.2 Å². The summed E-state index contributed by atoms with van der Waals surface area (Å²) in [7, 11) is -3.77. The summed E-state index contributed by atoms with van der Waals surface area (Å²) in [5.74, 6) is -3.05. The first-order chi connectivity index (χ1) is 7.76. The molecule has 1 aromatic carbocycles. The minimum absolute atomic E-state index is 0.153. The molecule has 0 aliphatic carbocycles. The lowest BCUT2D eigenvalue weighted by atomic mass is 10.1. The SMILES string of the molecule is CCS(=O)(=O)Nc1c(F)cc(C(C)=O)cc1F. The molecule has 0 fully saturated rings. The van der Waals surface area contributed by atoms with Crippen molar-refractivity contribution >= 4 is 21.5 Å². The Morgan fingerprint density at radius 2 is 1.76 bits per heavy atom. The fourth-order valence-electron chi connectivity index (χ4n) is 1.10. The van der Waals surface area contributed by atoms with Gasteiger partial charge in [-0.3, -0.25) is 9.52 Å². The molecular weight excluding hydrogens is 252 g/mol. The Morgan fingerprint density at radius 1 is 1.29 bits per heavy atom. The van der Waals surface area contributed by atoms with Gasteiger partial charge >= 0.3 is 0 Å². The van der Waals surface area contributed by atoms with Crippen LogP contribution in [0.2, 0.25) is 0 Å². The van der Waals surface area contributed by atoms with Crippen LogP contribution >= 0.6 is 0 Å². The summed E-state index contributed by atoms with van der Waals surface area (Å²) in [6.07, 6.45) is 0. The van der Waals surface area contributed by atoms with Crippen molar-refractivity contribution in [3.63, 3.8) is 0 Å². The number of Topliss-reactive ketones (excluding diaryl/α,β-unsaturated/α-hetero) is 1. The molecule has 0 saturated carbocycles. The van der Waals surface area contributed by atoms with Crippen LogP contribution in [-0.2, 0) is 10.0 Å². The number of carbonyl (C=O) groups excluding carboxylic acids is 1. The fraction of sp³-hybridized carbons (Fsp3) is 0.300. The van der Waals surface area contributed by atoms with Gasteiger partial charge in [-0.2, -0.15) is 0 Å². The molecule has 0 aliphatic heterocycles. The van der Waals surface area contributed by atoms with Crippen LogP contribution in [0, 0.1) is 11.6 Å². The highest BCUT2D eigenvalue weighted by molar-refractivity contribution is 7.92. The molecule has 0 saturated heterocycles. The summed E-state index contributed by atoms with van der Waals surface area (Å²) in [6, 6.07) is 1.58. The second-order valence-corrected chi connectivity index (χ2v) is 5.39. The highest BCUT2D eigenvalue weighted by atomic mass is 32.2. The number of sulfonamides is 1. The molecule has 0 unspecified atom stereocenters. The summed E-state index contributed by atoms with van der Waals surface area (Å²) >= 11 is 0. The Hall–Kier alpha value is -1.50. The summed E-state index contributed by atoms with van der Waals surface area (Å²) in [5, 5.41) is 0. The summed E-state index contributed by atoms with van der Waals surface area (Å²) in [4.78, 5) is 10.9. The van der Waals surface area contributed by atoms with Crippen LogP contribution in [0.3, 0.4) is 0 Å². The highest BCUT2D eigenvalue weighted by Crippen LogP contribution is 2.22. The second kappa shape index (κ2) is 4.79. The van der Waals surface area contributed by atoms with Gasteiger partial charge in [0.1, 0.15) is 5.69 Å². The average molecular weight is 263 g/mol. The highest BCUT2D eigenvalue weighted by Gasteiger charge is 2.17. The third-order valence-corrected chi connectivity index (χ3v) is 3.36. The number of hydrogen-bond acceptors (Lipinski definition) is 3. The summed E-state index contributed by atoms with van der Waals surface area (Å²) in [5.41, 5.74) is -0.920. The van der Waals surface area contributed by atoms with Crippen molar-refractivity contribution in [1.29, 1.82) is 0 Å². The number of rotatable bonds is 4. The molecule has 0 bridgehead atoms. The van der Waals surface area contributed by atoms with Crippen molar-refractivity contribution in [2.75, 3.05) is 10.5 Å². The van der Waals surface area contributed by atoms with Crippen LogP contribution in [0.15, 0.2) is 12.1 Å². The van der Waals surface area contributed by atoms with Crippen LogP contribution in [0.5, 0.6) is 0 Å². The molecule has 0 heterocycles. The minimum atomic E-state index is -3.77. The van der Waals surface area contributed by atoms with Crippen molar-refractivity contribution in [3.8, 4) is 0 Å². The zero-order chi connectivity index (χ0) is 13.2. The standard InChI is InChI=1S/C10H11F2NO3S/c1-3-17(15,16)13-10-8(11)4-7(6(2)14)5-9(10)12/h4-5,13H,3H2,1-2H3. The van der Waals surface area contributed by atoms with Crippen molar-refractivity contribution in [2.45, 2.75) is 13.8 Å². The van der Waals surface area contributed by atoms with Crippen molar-refractivity contribution in [1.82, 2.24) is 0 Å². The number of carbonyl (C=O) groups is 1. The van der Waals surface area contributed by atoms with Gasteiger partial charge in [0.05, 0.1) is 5.75 Å². The molecule has 1 aromatic rings. The molecule has 0 aliphatic rings. The van der Waals surface area contributed by atoms with E-state index in [0.29, 0.717) is 0 Å². The van der Waals surface area contributed by atoms with E-state index in [4.69, 9.17) is 0 Å². The first-order valence-corrected chi connectivity index (χ1v) is 6.42. The Balaban J connectivity index is 3.24. The maximum atomic E-state index is 13.4. The van der Waals surface area contributed by atoms with Gasteiger partial charge in [0, 0.05) is 5.56 Å². The number of anilines is 1. The van der Waals surface area contributed by atoms with Gasteiger partial charge in [0.25, 0.3) is 0 Å². The molecule has 7 heteroatoms. The van der Waals surface area contributed by atoms with Gasteiger partial charge in [-0.1, -0.05) is 0 Å². The number of ketones is 1. The Labute approximate surface area is 97.7 Å². The van der Waals surface area contributed by atoms with Crippen molar-refractivity contribution < 1.29 is 22.0 Å². The van der Waals surface area contributed by atoms with E-state index in [0.717, 1.165) is 19.1 Å². The minimum Gasteiger partial charge on any atom is -0.295 e. The third-order valence-electron chi connectivity index (χ3n) is 2.09. The van der Waals surface area contributed by atoms with Gasteiger partial charge in [0.2, 0.25) is 10.0 Å². The van der Waals surface area contributed by atoms with Crippen LogP contribution in [-0.4, -0.2) is 20.0 Å². The summed E-state index contributed by atoms with van der Waals surface area (Å²) < 4.78 is 51.0. The van der Waals surface area contributed by atoms with Crippen LogP contribution in [0.25, 0.3) is 0 Å². The van der Waals surface area contributed by atoms with Gasteiger partial charge < -0.3 is 0 Å². The maximum Gasteiger partial charge on any atom is 0.232 e. The zero-order valence-corrected chi connectivity index (χ0v) is 10.1. The van der Waals surface area contributed by atoms with E-state index in [1.54, 1.807) is 4.72 Å².